The predicted molar refractivity (Wildman–Crippen MR) is 130 cm³/mol. The number of methoxy groups -OCH3 is 1. The molecule has 0 aliphatic rings. The monoisotopic (exact) mass is 484 g/mol. The van der Waals surface area contributed by atoms with Crippen LogP contribution in [-0.4, -0.2) is 32.7 Å². The number of sulfonamides is 1. The van der Waals surface area contributed by atoms with E-state index in [-0.39, 0.29) is 16.4 Å². The van der Waals surface area contributed by atoms with Crippen molar-refractivity contribution in [3.63, 3.8) is 0 Å². The summed E-state index contributed by atoms with van der Waals surface area (Å²) in [5.41, 5.74) is 1.71. The van der Waals surface area contributed by atoms with E-state index in [9.17, 15) is 13.2 Å². The fraction of sp³-hybridized carbons (Fsp3) is 0.208. The first kappa shape index (κ1) is 23.0. The molecule has 0 aliphatic heterocycles. The van der Waals surface area contributed by atoms with Crippen LogP contribution in [-0.2, 0) is 16.6 Å². The van der Waals surface area contributed by atoms with Gasteiger partial charge in [-0.2, -0.15) is 0 Å². The van der Waals surface area contributed by atoms with Crippen LogP contribution in [0.25, 0.3) is 10.2 Å². The normalized spacial score (nSPS) is 12.5. The summed E-state index contributed by atoms with van der Waals surface area (Å²) in [6.07, 6.45) is 0. The van der Waals surface area contributed by atoms with Crippen LogP contribution in [0.4, 0.5) is 0 Å². The lowest BCUT2D eigenvalue weighted by Gasteiger charge is -2.16. The third-order valence-corrected chi connectivity index (χ3v) is 7.58. The molecule has 4 aromatic rings. The summed E-state index contributed by atoms with van der Waals surface area (Å²) >= 11 is 1.04. The highest BCUT2D eigenvalue weighted by molar-refractivity contribution is 7.89. The molecule has 7 nitrogen and oxygen atoms in total. The topological polar surface area (TPSA) is 86.6 Å². The standard InChI is InChI=1S/C24H24N2O5S2/c1-17(16-31-22-11-7-6-10-21(22)30-2)25-33(28,29)19-12-13-20-23(14-19)32-24(27)26(20)15-18-8-4-3-5-9-18/h3-14,17,25H,15-16H2,1-2H3. The lowest BCUT2D eigenvalue weighted by atomic mass is 10.2. The van der Waals surface area contributed by atoms with E-state index >= 15 is 0 Å². The molecule has 1 unspecified atom stereocenters. The van der Waals surface area contributed by atoms with E-state index in [2.05, 4.69) is 4.72 Å². The van der Waals surface area contributed by atoms with Crippen molar-refractivity contribution in [1.29, 1.82) is 0 Å². The second-order valence-corrected chi connectivity index (χ2v) is 10.3. The minimum absolute atomic E-state index is 0.104. The van der Waals surface area contributed by atoms with Gasteiger partial charge in [-0.25, -0.2) is 13.1 Å². The number of ether oxygens (including phenoxy) is 2. The number of benzene rings is 3. The first-order valence-electron chi connectivity index (χ1n) is 10.3. The fourth-order valence-corrected chi connectivity index (χ4v) is 5.71. The zero-order valence-corrected chi connectivity index (χ0v) is 19.9. The van der Waals surface area contributed by atoms with E-state index in [0.29, 0.717) is 28.3 Å². The number of thiazole rings is 1. The van der Waals surface area contributed by atoms with E-state index in [1.807, 2.05) is 42.5 Å². The van der Waals surface area contributed by atoms with Crippen molar-refractivity contribution < 1.29 is 17.9 Å². The molecule has 0 aliphatic carbocycles. The van der Waals surface area contributed by atoms with Gasteiger partial charge < -0.3 is 9.47 Å². The van der Waals surface area contributed by atoms with E-state index < -0.39 is 16.1 Å². The van der Waals surface area contributed by atoms with Gasteiger partial charge in [-0.05, 0) is 42.8 Å². The third kappa shape index (κ3) is 5.27. The number of nitrogens with zero attached hydrogens (tertiary/aromatic N) is 1. The summed E-state index contributed by atoms with van der Waals surface area (Å²) in [6, 6.07) is 21.1. The lowest BCUT2D eigenvalue weighted by Crippen LogP contribution is -2.36. The lowest BCUT2D eigenvalue weighted by molar-refractivity contribution is 0.271. The Bertz CT molecular complexity index is 1410. The van der Waals surface area contributed by atoms with Crippen molar-refractivity contribution >= 4 is 31.6 Å². The van der Waals surface area contributed by atoms with Gasteiger partial charge in [0.25, 0.3) is 0 Å². The molecule has 1 atom stereocenters. The molecule has 0 saturated carbocycles. The quantitative estimate of drug-likeness (QED) is 0.390. The third-order valence-electron chi connectivity index (χ3n) is 5.05. The smallest absolute Gasteiger partial charge is 0.308 e. The molecule has 0 spiro atoms. The highest BCUT2D eigenvalue weighted by Crippen LogP contribution is 2.26. The van der Waals surface area contributed by atoms with E-state index in [1.165, 1.54) is 6.07 Å². The number of fused-ring (bicyclic) bond motifs is 1. The zero-order valence-electron chi connectivity index (χ0n) is 18.2. The summed E-state index contributed by atoms with van der Waals surface area (Å²) in [6.45, 7) is 2.28. The number of hydrogen-bond donors (Lipinski definition) is 1. The largest absolute Gasteiger partial charge is 0.493 e. The molecule has 9 heteroatoms. The van der Waals surface area contributed by atoms with Crippen LogP contribution < -0.4 is 19.1 Å². The first-order chi connectivity index (χ1) is 15.9. The molecule has 172 valence electrons. The average molecular weight is 485 g/mol. The van der Waals surface area contributed by atoms with Crippen LogP contribution in [0, 0.1) is 0 Å². The summed E-state index contributed by atoms with van der Waals surface area (Å²) < 4.78 is 41.7. The average Bonchev–Trinajstić information content (AvgIpc) is 3.12. The van der Waals surface area contributed by atoms with Crippen LogP contribution in [0.3, 0.4) is 0 Å². The maximum atomic E-state index is 12.9. The van der Waals surface area contributed by atoms with Gasteiger partial charge in [-0.3, -0.25) is 9.36 Å². The number of para-hydroxylation sites is 2. The Hall–Kier alpha value is -3.14. The SMILES string of the molecule is COc1ccccc1OCC(C)NS(=O)(=O)c1ccc2c(c1)sc(=O)n2Cc1ccccc1. The Morgan fingerprint density at radius 1 is 1.00 bits per heavy atom. The van der Waals surface area contributed by atoms with Crippen LogP contribution >= 0.6 is 11.3 Å². The Kier molecular flexibility index (Phi) is 6.83. The summed E-state index contributed by atoms with van der Waals surface area (Å²) in [5, 5.41) is 0. The minimum Gasteiger partial charge on any atom is -0.493 e. The summed E-state index contributed by atoms with van der Waals surface area (Å²) in [7, 11) is -2.25. The van der Waals surface area contributed by atoms with Gasteiger partial charge in [0.05, 0.1) is 34.8 Å². The summed E-state index contributed by atoms with van der Waals surface area (Å²) in [4.78, 5) is 12.5. The molecule has 0 amide bonds. The van der Waals surface area contributed by atoms with E-state index in [1.54, 1.807) is 42.9 Å². The van der Waals surface area contributed by atoms with Crippen molar-refractivity contribution in [3.8, 4) is 11.5 Å². The highest BCUT2D eigenvalue weighted by Gasteiger charge is 2.20. The van der Waals surface area contributed by atoms with Crippen molar-refractivity contribution in [2.24, 2.45) is 0 Å². The molecule has 3 aromatic carbocycles. The van der Waals surface area contributed by atoms with Crippen molar-refractivity contribution in [2.45, 2.75) is 24.4 Å². The molecular formula is C24H24N2O5S2. The number of hydrogen-bond acceptors (Lipinski definition) is 6. The molecule has 0 radical (unpaired) electrons. The van der Waals surface area contributed by atoms with Crippen LogP contribution in [0.2, 0.25) is 0 Å². The fourth-order valence-electron chi connectivity index (χ4n) is 3.45. The van der Waals surface area contributed by atoms with Gasteiger partial charge in [0.15, 0.2) is 11.5 Å². The predicted octanol–water partition coefficient (Wildman–Crippen LogP) is 3.87. The van der Waals surface area contributed by atoms with Gasteiger partial charge in [0.2, 0.25) is 10.0 Å². The van der Waals surface area contributed by atoms with Gasteiger partial charge in [-0.15, -0.1) is 0 Å². The molecule has 0 fully saturated rings. The van der Waals surface area contributed by atoms with Crippen molar-refractivity contribution in [2.75, 3.05) is 13.7 Å². The second-order valence-electron chi connectivity index (χ2n) is 7.55. The Morgan fingerprint density at radius 2 is 1.70 bits per heavy atom. The summed E-state index contributed by atoms with van der Waals surface area (Å²) in [5.74, 6) is 1.12. The molecule has 1 aromatic heterocycles. The Labute approximate surface area is 196 Å². The maximum Gasteiger partial charge on any atom is 0.308 e. The van der Waals surface area contributed by atoms with Gasteiger partial charge in [0, 0.05) is 0 Å². The number of nitrogens with one attached hydrogen (secondary N) is 1. The Balaban J connectivity index is 1.50. The number of rotatable bonds is 9. The molecule has 1 N–H and O–H groups in total. The van der Waals surface area contributed by atoms with Crippen molar-refractivity contribution in [3.05, 3.63) is 88.0 Å². The molecule has 0 bridgehead atoms. The van der Waals surface area contributed by atoms with Gasteiger partial charge >= 0.3 is 4.87 Å². The van der Waals surface area contributed by atoms with Crippen LogP contribution in [0.1, 0.15) is 12.5 Å². The van der Waals surface area contributed by atoms with Gasteiger partial charge in [-0.1, -0.05) is 53.8 Å². The van der Waals surface area contributed by atoms with Crippen molar-refractivity contribution in [1.82, 2.24) is 9.29 Å². The first-order valence-corrected chi connectivity index (χ1v) is 12.6. The molecule has 4 rings (SSSR count). The van der Waals surface area contributed by atoms with Crippen LogP contribution in [0.15, 0.2) is 82.5 Å². The second kappa shape index (κ2) is 9.78. The molecule has 0 saturated heterocycles. The minimum atomic E-state index is -3.80. The van der Waals surface area contributed by atoms with Gasteiger partial charge in [0.1, 0.15) is 6.61 Å². The Morgan fingerprint density at radius 3 is 2.42 bits per heavy atom. The highest BCUT2D eigenvalue weighted by atomic mass is 32.2. The molecule has 33 heavy (non-hydrogen) atoms. The maximum absolute atomic E-state index is 12.9. The molecule has 1 heterocycles. The van der Waals surface area contributed by atoms with E-state index in [4.69, 9.17) is 9.47 Å². The number of aromatic nitrogens is 1. The van der Waals surface area contributed by atoms with E-state index in [0.717, 1.165) is 16.9 Å². The molecular weight excluding hydrogens is 460 g/mol. The van der Waals surface area contributed by atoms with Crippen LogP contribution in [0.5, 0.6) is 11.5 Å². The zero-order chi connectivity index (χ0) is 23.4.